The molecule has 2 rings (SSSR count). The fourth-order valence-corrected chi connectivity index (χ4v) is 2.41. The van der Waals surface area contributed by atoms with E-state index in [1.807, 2.05) is 6.92 Å². The van der Waals surface area contributed by atoms with Crippen LogP contribution in [0.1, 0.15) is 30.1 Å². The molecule has 1 aromatic rings. The minimum Gasteiger partial charge on any atom is -0.409 e. The molecular formula is C14H17F2N3O2. The number of benzene rings is 1. The number of oxime groups is 1. The molecule has 21 heavy (non-hydrogen) atoms. The minimum atomic E-state index is -0.744. The lowest BCUT2D eigenvalue weighted by molar-refractivity contribution is 0.0661. The highest BCUT2D eigenvalue weighted by molar-refractivity contribution is 5.95. The molecule has 0 aromatic heterocycles. The molecule has 5 nitrogen and oxygen atoms in total. The average Bonchev–Trinajstić information content (AvgIpc) is 2.49. The fraction of sp³-hybridized carbons (Fsp3) is 0.429. The summed E-state index contributed by atoms with van der Waals surface area (Å²) >= 11 is 0. The van der Waals surface area contributed by atoms with Crippen LogP contribution in [0.2, 0.25) is 0 Å². The maximum Gasteiger partial charge on any atom is 0.256 e. The van der Waals surface area contributed by atoms with Crippen LogP contribution in [0.4, 0.5) is 8.78 Å². The number of amides is 1. The van der Waals surface area contributed by atoms with Gasteiger partial charge in [-0.25, -0.2) is 8.78 Å². The molecule has 0 atom stereocenters. The third kappa shape index (κ3) is 2.96. The van der Waals surface area contributed by atoms with Crippen molar-refractivity contribution in [1.82, 2.24) is 4.90 Å². The molecule has 0 saturated carbocycles. The van der Waals surface area contributed by atoms with E-state index in [4.69, 9.17) is 10.9 Å². The van der Waals surface area contributed by atoms with Gasteiger partial charge < -0.3 is 15.8 Å². The number of piperidine rings is 1. The normalized spacial score (nSPS) is 18.6. The Morgan fingerprint density at radius 1 is 1.38 bits per heavy atom. The number of likely N-dealkylation sites (tertiary alicyclic amines) is 1. The number of hydrogen-bond acceptors (Lipinski definition) is 3. The smallest absolute Gasteiger partial charge is 0.256 e. The number of rotatable bonds is 2. The van der Waals surface area contributed by atoms with Crippen LogP contribution in [0.5, 0.6) is 0 Å². The summed E-state index contributed by atoms with van der Waals surface area (Å²) < 4.78 is 26.8. The molecule has 7 heteroatoms. The average molecular weight is 297 g/mol. The van der Waals surface area contributed by atoms with Crippen molar-refractivity contribution in [1.29, 1.82) is 0 Å². The predicted octanol–water partition coefficient (Wildman–Crippen LogP) is 1.95. The quantitative estimate of drug-likeness (QED) is 0.379. The van der Waals surface area contributed by atoms with E-state index in [9.17, 15) is 13.6 Å². The first kappa shape index (κ1) is 15.2. The van der Waals surface area contributed by atoms with Crippen LogP contribution in [0, 0.1) is 17.0 Å². The Hall–Kier alpha value is -2.18. The molecule has 0 spiro atoms. The lowest BCUT2D eigenvalue weighted by atomic mass is 9.79. The highest BCUT2D eigenvalue weighted by Gasteiger charge is 2.36. The first-order valence-electron chi connectivity index (χ1n) is 6.60. The molecule has 1 heterocycles. The summed E-state index contributed by atoms with van der Waals surface area (Å²) in [5, 5.41) is 11.8. The summed E-state index contributed by atoms with van der Waals surface area (Å²) in [4.78, 5) is 13.7. The fourth-order valence-electron chi connectivity index (χ4n) is 2.41. The molecule has 1 aliphatic heterocycles. The molecule has 3 N–H and O–H groups in total. The monoisotopic (exact) mass is 297 g/mol. The maximum absolute atomic E-state index is 13.6. The van der Waals surface area contributed by atoms with Crippen molar-refractivity contribution in [2.75, 3.05) is 13.1 Å². The van der Waals surface area contributed by atoms with E-state index in [1.165, 1.54) is 4.90 Å². The van der Waals surface area contributed by atoms with Gasteiger partial charge in [0.15, 0.2) is 0 Å². The second kappa shape index (κ2) is 5.67. The Balaban J connectivity index is 2.12. The van der Waals surface area contributed by atoms with Gasteiger partial charge >= 0.3 is 0 Å². The Kier molecular flexibility index (Phi) is 4.11. The standard InChI is InChI=1S/C14H17F2N3O2/c1-14(13(17)18-21)4-6-19(7-5-14)12(20)10-8-9(15)2-3-11(10)16/h2-3,8,21H,4-7H2,1H3,(H2,17,18). The zero-order chi connectivity index (χ0) is 15.6. The molecule has 0 radical (unpaired) electrons. The van der Waals surface area contributed by atoms with Crippen LogP contribution in [0.3, 0.4) is 0 Å². The van der Waals surface area contributed by atoms with Gasteiger partial charge in [-0.2, -0.15) is 0 Å². The molecule has 1 fully saturated rings. The van der Waals surface area contributed by atoms with E-state index in [2.05, 4.69) is 5.16 Å². The molecule has 0 aliphatic carbocycles. The molecule has 1 saturated heterocycles. The van der Waals surface area contributed by atoms with E-state index in [0.29, 0.717) is 25.9 Å². The summed E-state index contributed by atoms with van der Waals surface area (Å²) in [6, 6.07) is 2.81. The van der Waals surface area contributed by atoms with Crippen molar-refractivity contribution in [2.45, 2.75) is 19.8 Å². The Morgan fingerprint density at radius 3 is 2.57 bits per heavy atom. The Labute approximate surface area is 121 Å². The van der Waals surface area contributed by atoms with Crippen molar-refractivity contribution in [3.8, 4) is 0 Å². The third-order valence-corrected chi connectivity index (χ3v) is 4.04. The predicted molar refractivity (Wildman–Crippen MR) is 73.0 cm³/mol. The largest absolute Gasteiger partial charge is 0.409 e. The van der Waals surface area contributed by atoms with Crippen molar-refractivity contribution in [2.24, 2.45) is 16.3 Å². The number of nitrogens with two attached hydrogens (primary N) is 1. The van der Waals surface area contributed by atoms with Gasteiger partial charge in [-0.05, 0) is 31.0 Å². The van der Waals surface area contributed by atoms with E-state index in [0.717, 1.165) is 18.2 Å². The zero-order valence-corrected chi connectivity index (χ0v) is 11.6. The first-order valence-corrected chi connectivity index (χ1v) is 6.60. The molecule has 0 unspecified atom stereocenters. The molecule has 1 aliphatic rings. The topological polar surface area (TPSA) is 78.9 Å². The first-order chi connectivity index (χ1) is 9.87. The van der Waals surface area contributed by atoms with Gasteiger partial charge in [-0.3, -0.25) is 4.79 Å². The van der Waals surface area contributed by atoms with Crippen molar-refractivity contribution in [3.63, 3.8) is 0 Å². The van der Waals surface area contributed by atoms with Gasteiger partial charge in [0.25, 0.3) is 5.91 Å². The van der Waals surface area contributed by atoms with E-state index in [-0.39, 0.29) is 11.4 Å². The number of nitrogens with zero attached hydrogens (tertiary/aromatic N) is 2. The van der Waals surface area contributed by atoms with Crippen LogP contribution < -0.4 is 5.73 Å². The van der Waals surface area contributed by atoms with Crippen molar-refractivity contribution >= 4 is 11.7 Å². The summed E-state index contributed by atoms with van der Waals surface area (Å²) in [7, 11) is 0. The maximum atomic E-state index is 13.6. The number of carbonyl (C=O) groups is 1. The van der Waals surface area contributed by atoms with Crippen LogP contribution in [-0.4, -0.2) is 34.9 Å². The third-order valence-electron chi connectivity index (χ3n) is 4.04. The zero-order valence-electron chi connectivity index (χ0n) is 11.6. The van der Waals surface area contributed by atoms with E-state index in [1.54, 1.807) is 0 Å². The second-order valence-corrected chi connectivity index (χ2v) is 5.46. The Bertz CT molecular complexity index is 582. The van der Waals surface area contributed by atoms with E-state index < -0.39 is 23.0 Å². The SMILES string of the molecule is CC1(/C(N)=N/O)CCN(C(=O)c2cc(F)ccc2F)CC1. The summed E-state index contributed by atoms with van der Waals surface area (Å²) in [5.74, 6) is -1.83. The Morgan fingerprint density at radius 2 is 2.00 bits per heavy atom. The molecular weight excluding hydrogens is 280 g/mol. The number of hydrogen-bond donors (Lipinski definition) is 2. The lowest BCUT2D eigenvalue weighted by Crippen LogP contribution is -2.47. The highest BCUT2D eigenvalue weighted by Crippen LogP contribution is 2.31. The van der Waals surface area contributed by atoms with Gasteiger partial charge in [0.2, 0.25) is 0 Å². The van der Waals surface area contributed by atoms with Crippen molar-refractivity contribution < 1.29 is 18.8 Å². The number of carbonyl (C=O) groups excluding carboxylic acids is 1. The number of amidine groups is 1. The second-order valence-electron chi connectivity index (χ2n) is 5.46. The number of halogens is 2. The van der Waals surface area contributed by atoms with E-state index >= 15 is 0 Å². The molecule has 114 valence electrons. The molecule has 1 aromatic carbocycles. The summed E-state index contributed by atoms with van der Waals surface area (Å²) in [6.45, 7) is 2.51. The van der Waals surface area contributed by atoms with Gasteiger partial charge in [0.1, 0.15) is 17.5 Å². The summed E-state index contributed by atoms with van der Waals surface area (Å²) in [6.07, 6.45) is 0.983. The summed E-state index contributed by atoms with van der Waals surface area (Å²) in [5.41, 5.74) is 4.88. The van der Waals surface area contributed by atoms with Gasteiger partial charge in [-0.1, -0.05) is 12.1 Å². The van der Waals surface area contributed by atoms with Gasteiger partial charge in [0, 0.05) is 18.5 Å². The lowest BCUT2D eigenvalue weighted by Gasteiger charge is -2.38. The van der Waals surface area contributed by atoms with Crippen molar-refractivity contribution in [3.05, 3.63) is 35.4 Å². The molecule has 0 bridgehead atoms. The highest BCUT2D eigenvalue weighted by atomic mass is 19.1. The van der Waals surface area contributed by atoms with Gasteiger partial charge in [0.05, 0.1) is 5.56 Å². The van der Waals surface area contributed by atoms with Crippen LogP contribution in [0.15, 0.2) is 23.4 Å². The van der Waals surface area contributed by atoms with Crippen LogP contribution >= 0.6 is 0 Å². The minimum absolute atomic E-state index is 0.117. The van der Waals surface area contributed by atoms with Crippen LogP contribution in [-0.2, 0) is 0 Å². The van der Waals surface area contributed by atoms with Crippen LogP contribution in [0.25, 0.3) is 0 Å². The molecule has 1 amide bonds. The van der Waals surface area contributed by atoms with Gasteiger partial charge in [-0.15, -0.1) is 0 Å².